The Hall–Kier alpha value is -1.44. The first-order valence-corrected chi connectivity index (χ1v) is 3.63. The van der Waals surface area contributed by atoms with Crippen LogP contribution in [0.15, 0.2) is 6.20 Å². The molecule has 0 radical (unpaired) electrons. The summed E-state index contributed by atoms with van der Waals surface area (Å²) in [5.74, 6) is -1.71. The zero-order chi connectivity index (χ0) is 10.9. The van der Waals surface area contributed by atoms with E-state index in [0.29, 0.717) is 6.20 Å². The van der Waals surface area contributed by atoms with Crippen LogP contribution >= 0.6 is 12.2 Å². The van der Waals surface area contributed by atoms with Crippen LogP contribution in [0, 0.1) is 4.77 Å². The van der Waals surface area contributed by atoms with Gasteiger partial charge >= 0.3 is 12.1 Å². The molecule has 1 heterocycles. The summed E-state index contributed by atoms with van der Waals surface area (Å²) in [5, 5.41) is 8.43. The molecule has 0 aliphatic rings. The third-order valence-electron chi connectivity index (χ3n) is 1.33. The van der Waals surface area contributed by atoms with Crippen molar-refractivity contribution in [3.63, 3.8) is 0 Å². The number of hydrogen-bond acceptors (Lipinski definition) is 3. The number of H-pyrrole nitrogens is 1. The van der Waals surface area contributed by atoms with Crippen molar-refractivity contribution in [3.05, 3.63) is 22.2 Å². The Morgan fingerprint density at radius 3 is 2.57 bits per heavy atom. The van der Waals surface area contributed by atoms with Crippen LogP contribution in [0.25, 0.3) is 0 Å². The Bertz CT molecular complexity index is 426. The van der Waals surface area contributed by atoms with Gasteiger partial charge in [0.1, 0.15) is 11.3 Å². The molecule has 0 saturated heterocycles. The molecule has 4 nitrogen and oxygen atoms in total. The molecule has 1 aromatic heterocycles. The normalized spacial score (nSPS) is 11.4. The van der Waals surface area contributed by atoms with Crippen molar-refractivity contribution in [2.24, 2.45) is 0 Å². The lowest BCUT2D eigenvalue weighted by Gasteiger charge is -2.08. The van der Waals surface area contributed by atoms with Crippen LogP contribution in [0.1, 0.15) is 16.1 Å². The van der Waals surface area contributed by atoms with Crippen molar-refractivity contribution in [3.8, 4) is 0 Å². The monoisotopic (exact) mass is 224 g/mol. The number of halogens is 3. The molecule has 1 aromatic rings. The van der Waals surface area contributed by atoms with Crippen LogP contribution < -0.4 is 0 Å². The summed E-state index contributed by atoms with van der Waals surface area (Å²) in [5.41, 5.74) is -2.35. The molecule has 2 N–H and O–H groups in total. The molecular formula is C6H3F3N2O2S. The van der Waals surface area contributed by atoms with Crippen LogP contribution in [-0.4, -0.2) is 21.0 Å². The largest absolute Gasteiger partial charge is 0.478 e. The quantitative estimate of drug-likeness (QED) is 0.714. The van der Waals surface area contributed by atoms with Gasteiger partial charge in [0.2, 0.25) is 0 Å². The number of aromatic nitrogens is 2. The van der Waals surface area contributed by atoms with Gasteiger partial charge in [-0.15, -0.1) is 0 Å². The van der Waals surface area contributed by atoms with Gasteiger partial charge in [-0.3, -0.25) is 0 Å². The molecule has 0 fully saturated rings. The van der Waals surface area contributed by atoms with E-state index in [9.17, 15) is 18.0 Å². The fourth-order valence-corrected chi connectivity index (χ4v) is 0.935. The lowest BCUT2D eigenvalue weighted by atomic mass is 10.2. The molecule has 0 saturated carbocycles. The fourth-order valence-electron chi connectivity index (χ4n) is 0.780. The highest BCUT2D eigenvalue weighted by Gasteiger charge is 2.36. The number of alkyl halides is 3. The maximum atomic E-state index is 12.2. The molecule has 0 aliphatic heterocycles. The second-order valence-electron chi connectivity index (χ2n) is 2.28. The van der Waals surface area contributed by atoms with Gasteiger partial charge in [-0.1, -0.05) is 0 Å². The Kier molecular flexibility index (Phi) is 2.56. The lowest BCUT2D eigenvalue weighted by molar-refractivity contribution is -0.141. The second-order valence-corrected chi connectivity index (χ2v) is 2.67. The van der Waals surface area contributed by atoms with Gasteiger partial charge in [0.25, 0.3) is 0 Å². The predicted octanol–water partition coefficient (Wildman–Crippen LogP) is 1.86. The summed E-state index contributed by atoms with van der Waals surface area (Å²) in [6.07, 6.45) is -4.21. The second kappa shape index (κ2) is 3.37. The van der Waals surface area contributed by atoms with E-state index in [4.69, 9.17) is 5.11 Å². The van der Waals surface area contributed by atoms with Crippen LogP contribution in [0.4, 0.5) is 13.2 Å². The van der Waals surface area contributed by atoms with Crippen LogP contribution in [0.3, 0.4) is 0 Å². The average Bonchev–Trinajstić information content (AvgIpc) is 2.01. The zero-order valence-electron chi connectivity index (χ0n) is 6.42. The van der Waals surface area contributed by atoms with E-state index in [1.165, 1.54) is 0 Å². The molecule has 0 bridgehead atoms. The van der Waals surface area contributed by atoms with Crippen molar-refractivity contribution in [2.45, 2.75) is 6.18 Å². The van der Waals surface area contributed by atoms with Crippen molar-refractivity contribution in [1.82, 2.24) is 9.97 Å². The number of nitrogens with one attached hydrogen (secondary N) is 1. The van der Waals surface area contributed by atoms with Crippen molar-refractivity contribution >= 4 is 18.2 Å². The minimum Gasteiger partial charge on any atom is -0.478 e. The van der Waals surface area contributed by atoms with Gasteiger partial charge in [-0.05, 0) is 12.2 Å². The summed E-state index contributed by atoms with van der Waals surface area (Å²) in [6, 6.07) is 0. The highest BCUT2D eigenvalue weighted by Crippen LogP contribution is 2.29. The van der Waals surface area contributed by atoms with Crippen molar-refractivity contribution in [2.75, 3.05) is 0 Å². The van der Waals surface area contributed by atoms with Gasteiger partial charge in [-0.2, -0.15) is 13.2 Å². The summed E-state index contributed by atoms with van der Waals surface area (Å²) >= 11 is 4.36. The maximum absolute atomic E-state index is 12.2. The predicted molar refractivity (Wildman–Crippen MR) is 41.4 cm³/mol. The molecule has 8 heteroatoms. The molecule has 76 valence electrons. The molecule has 0 aliphatic carbocycles. The molecule has 0 unspecified atom stereocenters. The molecule has 0 amide bonds. The van der Waals surface area contributed by atoms with E-state index in [-0.39, 0.29) is 0 Å². The highest BCUT2D eigenvalue weighted by atomic mass is 32.1. The molecule has 14 heavy (non-hydrogen) atoms. The zero-order valence-corrected chi connectivity index (χ0v) is 7.24. The van der Waals surface area contributed by atoms with E-state index in [1.54, 1.807) is 4.98 Å². The average molecular weight is 224 g/mol. The number of aromatic amines is 1. The van der Waals surface area contributed by atoms with E-state index in [2.05, 4.69) is 17.2 Å². The van der Waals surface area contributed by atoms with Gasteiger partial charge in [-0.25, -0.2) is 9.78 Å². The highest BCUT2D eigenvalue weighted by molar-refractivity contribution is 7.71. The van der Waals surface area contributed by atoms with Gasteiger partial charge in [0.05, 0.1) is 0 Å². The first kappa shape index (κ1) is 10.6. The van der Waals surface area contributed by atoms with E-state index < -0.39 is 28.2 Å². The number of nitrogens with zero attached hydrogens (tertiary/aromatic N) is 1. The number of carboxylic acids is 1. The van der Waals surface area contributed by atoms with Crippen molar-refractivity contribution < 1.29 is 23.1 Å². The third kappa shape index (κ3) is 2.08. The lowest BCUT2D eigenvalue weighted by Crippen LogP contribution is -2.16. The topological polar surface area (TPSA) is 66.0 Å². The SMILES string of the molecule is O=C(O)c1cnc(=S)[nH]c1C(F)(F)F. The third-order valence-corrected chi connectivity index (χ3v) is 1.53. The van der Waals surface area contributed by atoms with Crippen LogP contribution in [0.2, 0.25) is 0 Å². The van der Waals surface area contributed by atoms with Crippen LogP contribution in [0.5, 0.6) is 0 Å². The Labute approximate surface area is 80.4 Å². The Balaban J connectivity index is 3.45. The first-order valence-electron chi connectivity index (χ1n) is 3.22. The van der Waals surface area contributed by atoms with E-state index >= 15 is 0 Å². The number of aromatic carboxylic acids is 1. The molecule has 0 aromatic carbocycles. The fraction of sp³-hybridized carbons (Fsp3) is 0.167. The Morgan fingerprint density at radius 1 is 1.57 bits per heavy atom. The molecular weight excluding hydrogens is 221 g/mol. The minimum absolute atomic E-state index is 0.415. The smallest absolute Gasteiger partial charge is 0.432 e. The first-order chi connectivity index (χ1) is 6.32. The number of rotatable bonds is 1. The standard InChI is InChI=1S/C6H3F3N2O2S/c7-6(8,9)3-2(4(12)13)1-10-5(14)11-3/h1H,(H,12,13)(H,10,11,14). The van der Waals surface area contributed by atoms with Crippen molar-refractivity contribution in [1.29, 1.82) is 0 Å². The number of carboxylic acid groups (broad SMARTS) is 1. The number of carbonyl (C=O) groups is 1. The maximum Gasteiger partial charge on any atom is 0.432 e. The summed E-state index contributed by atoms with van der Waals surface area (Å²) < 4.78 is 36.2. The summed E-state index contributed by atoms with van der Waals surface area (Å²) in [6.45, 7) is 0. The van der Waals surface area contributed by atoms with Gasteiger partial charge in [0.15, 0.2) is 4.77 Å². The molecule has 0 spiro atoms. The molecule has 1 rings (SSSR count). The van der Waals surface area contributed by atoms with Crippen LogP contribution in [-0.2, 0) is 6.18 Å². The minimum atomic E-state index is -4.79. The Morgan fingerprint density at radius 2 is 2.14 bits per heavy atom. The van der Waals surface area contributed by atoms with Gasteiger partial charge in [0, 0.05) is 6.20 Å². The molecule has 0 atom stereocenters. The van der Waals surface area contributed by atoms with E-state index in [0.717, 1.165) is 0 Å². The summed E-state index contributed by atoms with van der Waals surface area (Å²) in [4.78, 5) is 15.3. The van der Waals surface area contributed by atoms with Gasteiger partial charge < -0.3 is 10.1 Å². The van der Waals surface area contributed by atoms with E-state index in [1.807, 2.05) is 0 Å². The summed E-state index contributed by atoms with van der Waals surface area (Å²) in [7, 11) is 0. The number of hydrogen-bond donors (Lipinski definition) is 2.